The molecule has 0 fully saturated rings. The normalized spacial score (nSPS) is 10.4. The molecule has 0 aliphatic rings. The minimum Gasteiger partial charge on any atom is -0.497 e. The molecule has 1 N–H and O–H groups in total. The molecule has 28 heavy (non-hydrogen) atoms. The van der Waals surface area contributed by atoms with Crippen molar-refractivity contribution < 1.29 is 19.0 Å². The van der Waals surface area contributed by atoms with Gasteiger partial charge in [-0.25, -0.2) is 4.68 Å². The lowest BCUT2D eigenvalue weighted by Gasteiger charge is -2.12. The predicted molar refractivity (Wildman–Crippen MR) is 105 cm³/mol. The molecule has 2 aromatic carbocycles. The Morgan fingerprint density at radius 2 is 1.68 bits per heavy atom. The molecule has 9 heteroatoms. The third-order valence-electron chi connectivity index (χ3n) is 3.66. The summed E-state index contributed by atoms with van der Waals surface area (Å²) < 4.78 is 17.8. The number of nitrogens with zero attached hydrogens (tertiary/aromatic N) is 3. The van der Waals surface area contributed by atoms with Gasteiger partial charge in [-0.15, -0.1) is 10.2 Å². The number of ether oxygens (including phenoxy) is 3. The van der Waals surface area contributed by atoms with Gasteiger partial charge in [0, 0.05) is 0 Å². The van der Waals surface area contributed by atoms with Crippen LogP contribution in [0.3, 0.4) is 0 Å². The Morgan fingerprint density at radius 3 is 2.36 bits per heavy atom. The summed E-state index contributed by atoms with van der Waals surface area (Å²) in [4.78, 5) is 12.3. The van der Waals surface area contributed by atoms with Gasteiger partial charge in [0.15, 0.2) is 12.4 Å². The molecule has 146 valence electrons. The van der Waals surface area contributed by atoms with Gasteiger partial charge < -0.3 is 14.2 Å². The Bertz CT molecular complexity index is 900. The average molecular weight is 400 g/mol. The second-order valence-corrected chi connectivity index (χ2v) is 6.31. The van der Waals surface area contributed by atoms with Gasteiger partial charge in [0.2, 0.25) is 5.16 Å². The highest BCUT2D eigenvalue weighted by Gasteiger charge is 2.15. The summed E-state index contributed by atoms with van der Waals surface area (Å²) >= 11 is 1.36. The maximum absolute atomic E-state index is 12.3. The van der Waals surface area contributed by atoms with Crippen LogP contribution in [0.1, 0.15) is 5.82 Å². The maximum atomic E-state index is 12.3. The third-order valence-corrected chi connectivity index (χ3v) is 4.29. The lowest BCUT2D eigenvalue weighted by Crippen LogP contribution is -2.30. The van der Waals surface area contributed by atoms with Crippen LogP contribution in [0, 0.1) is 0 Å². The van der Waals surface area contributed by atoms with Crippen LogP contribution in [0.2, 0.25) is 0 Å². The number of hydrogen-bond donors (Lipinski definition) is 1. The number of methoxy groups -OCH3 is 1. The van der Waals surface area contributed by atoms with Gasteiger partial charge in [0.1, 0.15) is 23.9 Å². The molecule has 0 aliphatic heterocycles. The molecule has 3 rings (SSSR count). The molecule has 3 aromatic rings. The average Bonchev–Trinajstić information content (AvgIpc) is 3.13. The lowest BCUT2D eigenvalue weighted by molar-refractivity contribution is -0.119. The zero-order valence-corrected chi connectivity index (χ0v) is 16.3. The van der Waals surface area contributed by atoms with Crippen molar-refractivity contribution in [3.8, 4) is 17.2 Å². The van der Waals surface area contributed by atoms with E-state index in [9.17, 15) is 4.79 Å². The van der Waals surface area contributed by atoms with E-state index in [1.54, 1.807) is 43.5 Å². The molecule has 0 bridgehead atoms. The van der Waals surface area contributed by atoms with E-state index in [1.165, 1.54) is 16.4 Å². The van der Waals surface area contributed by atoms with Crippen molar-refractivity contribution in [1.82, 2.24) is 14.9 Å². The standard InChI is InChI=1S/C19H20N4O4S/c1-25-14-8-10-16(11-9-14)26-12-17-20-21-19(28-2)23(17)22-18(24)13-27-15-6-4-3-5-7-15/h3-11H,12-13H2,1-2H3,(H,22,24). The number of rotatable bonds is 9. The molecule has 0 unspecified atom stereocenters. The fraction of sp³-hybridized carbons (Fsp3) is 0.211. The molecule has 1 aromatic heterocycles. The first-order valence-electron chi connectivity index (χ1n) is 8.42. The maximum Gasteiger partial charge on any atom is 0.276 e. The first-order chi connectivity index (χ1) is 13.7. The fourth-order valence-corrected chi connectivity index (χ4v) is 2.74. The van der Waals surface area contributed by atoms with Crippen LogP contribution in [0.5, 0.6) is 17.2 Å². The highest BCUT2D eigenvalue weighted by atomic mass is 32.2. The predicted octanol–water partition coefficient (Wildman–Crippen LogP) is 2.74. The number of hydrogen-bond acceptors (Lipinski definition) is 7. The van der Waals surface area contributed by atoms with Gasteiger partial charge in [-0.1, -0.05) is 30.0 Å². The van der Waals surface area contributed by atoms with E-state index < -0.39 is 0 Å². The van der Waals surface area contributed by atoms with Crippen molar-refractivity contribution in [2.45, 2.75) is 11.8 Å². The van der Waals surface area contributed by atoms with Crippen LogP contribution in [0.25, 0.3) is 0 Å². The molecule has 0 spiro atoms. The van der Waals surface area contributed by atoms with E-state index in [0.717, 1.165) is 5.75 Å². The van der Waals surface area contributed by atoms with E-state index >= 15 is 0 Å². The zero-order valence-electron chi connectivity index (χ0n) is 15.5. The molecule has 0 saturated carbocycles. The number of amides is 1. The molecular formula is C19H20N4O4S. The first-order valence-corrected chi connectivity index (χ1v) is 9.65. The number of carbonyl (C=O) groups is 1. The van der Waals surface area contributed by atoms with Crippen molar-refractivity contribution in [3.05, 3.63) is 60.4 Å². The Balaban J connectivity index is 1.61. The summed E-state index contributed by atoms with van der Waals surface area (Å²) in [6, 6.07) is 16.3. The summed E-state index contributed by atoms with van der Waals surface area (Å²) in [6.45, 7) is 0.00844. The molecule has 0 atom stereocenters. The molecule has 1 amide bonds. The Hall–Kier alpha value is -3.20. The number of para-hydroxylation sites is 1. The highest BCUT2D eigenvalue weighted by molar-refractivity contribution is 7.98. The Kier molecular flexibility index (Phi) is 6.74. The molecule has 8 nitrogen and oxygen atoms in total. The number of thioether (sulfide) groups is 1. The monoisotopic (exact) mass is 400 g/mol. The summed E-state index contributed by atoms with van der Waals surface area (Å²) in [5.74, 6) is 2.15. The second kappa shape index (κ2) is 9.65. The van der Waals surface area contributed by atoms with Crippen molar-refractivity contribution in [3.63, 3.8) is 0 Å². The summed E-state index contributed by atoms with van der Waals surface area (Å²) in [7, 11) is 1.60. The van der Waals surface area contributed by atoms with Gasteiger partial charge in [0.25, 0.3) is 5.91 Å². The van der Waals surface area contributed by atoms with Gasteiger partial charge >= 0.3 is 0 Å². The quantitative estimate of drug-likeness (QED) is 0.553. The summed E-state index contributed by atoms with van der Waals surface area (Å²) in [5, 5.41) is 8.70. The third kappa shape index (κ3) is 5.17. The van der Waals surface area contributed by atoms with Gasteiger partial charge in [0.05, 0.1) is 7.11 Å². The molecule has 1 heterocycles. The largest absolute Gasteiger partial charge is 0.497 e. The molecule has 0 saturated heterocycles. The minimum atomic E-state index is -0.329. The van der Waals surface area contributed by atoms with Crippen molar-refractivity contribution in [2.75, 3.05) is 25.4 Å². The highest BCUT2D eigenvalue weighted by Crippen LogP contribution is 2.19. The van der Waals surface area contributed by atoms with Crippen LogP contribution in [-0.2, 0) is 11.4 Å². The number of aromatic nitrogens is 3. The number of nitrogens with one attached hydrogen (secondary N) is 1. The van der Waals surface area contributed by atoms with E-state index in [1.807, 2.05) is 24.5 Å². The Morgan fingerprint density at radius 1 is 1.00 bits per heavy atom. The van der Waals surface area contributed by atoms with Crippen LogP contribution in [-0.4, -0.2) is 40.8 Å². The van der Waals surface area contributed by atoms with E-state index in [-0.39, 0.29) is 19.1 Å². The lowest BCUT2D eigenvalue weighted by atomic mass is 10.3. The topological polar surface area (TPSA) is 87.5 Å². The van der Waals surface area contributed by atoms with E-state index in [4.69, 9.17) is 14.2 Å². The van der Waals surface area contributed by atoms with Crippen LogP contribution < -0.4 is 19.6 Å². The zero-order chi connectivity index (χ0) is 19.8. The van der Waals surface area contributed by atoms with E-state index in [2.05, 4.69) is 15.6 Å². The first kappa shape index (κ1) is 19.6. The molecule has 0 aliphatic carbocycles. The smallest absolute Gasteiger partial charge is 0.276 e. The summed E-state index contributed by atoms with van der Waals surface area (Å²) in [5.41, 5.74) is 2.74. The fourth-order valence-electron chi connectivity index (χ4n) is 2.28. The minimum absolute atomic E-state index is 0.130. The van der Waals surface area contributed by atoms with E-state index in [0.29, 0.717) is 22.5 Å². The SMILES string of the molecule is COc1ccc(OCc2nnc(SC)n2NC(=O)COc2ccccc2)cc1. The van der Waals surface area contributed by atoms with Crippen molar-refractivity contribution in [2.24, 2.45) is 0 Å². The molecular weight excluding hydrogens is 380 g/mol. The van der Waals surface area contributed by atoms with Crippen molar-refractivity contribution >= 4 is 17.7 Å². The van der Waals surface area contributed by atoms with Gasteiger partial charge in [-0.05, 0) is 42.7 Å². The second-order valence-electron chi connectivity index (χ2n) is 5.54. The van der Waals surface area contributed by atoms with Gasteiger partial charge in [-0.3, -0.25) is 10.2 Å². The van der Waals surface area contributed by atoms with Crippen LogP contribution in [0.4, 0.5) is 0 Å². The van der Waals surface area contributed by atoms with Gasteiger partial charge in [-0.2, -0.15) is 0 Å². The summed E-state index contributed by atoms with van der Waals surface area (Å²) in [6.07, 6.45) is 1.85. The Labute approximate surface area is 166 Å². The van der Waals surface area contributed by atoms with Crippen LogP contribution in [0.15, 0.2) is 59.8 Å². The van der Waals surface area contributed by atoms with Crippen LogP contribution >= 0.6 is 11.8 Å². The number of benzene rings is 2. The molecule has 0 radical (unpaired) electrons. The number of carbonyl (C=O) groups excluding carboxylic acids is 1. The van der Waals surface area contributed by atoms with Crippen molar-refractivity contribution in [1.29, 1.82) is 0 Å².